The minimum Gasteiger partial charge on any atom is -0.497 e. The third-order valence-electron chi connectivity index (χ3n) is 5.56. The third kappa shape index (κ3) is 4.07. The van der Waals surface area contributed by atoms with Gasteiger partial charge in [-0.3, -0.25) is 9.69 Å². The molecule has 0 aliphatic carbocycles. The molecule has 9 heteroatoms. The molecular formula is C21H26N2O6S. The zero-order valence-electron chi connectivity index (χ0n) is 17.0. The predicted molar refractivity (Wildman–Crippen MR) is 111 cm³/mol. The van der Waals surface area contributed by atoms with Crippen LogP contribution in [0.5, 0.6) is 5.75 Å². The summed E-state index contributed by atoms with van der Waals surface area (Å²) in [6.07, 6.45) is 3.56. The maximum absolute atomic E-state index is 12.8. The Labute approximate surface area is 179 Å². The topological polar surface area (TPSA) is 100 Å². The summed E-state index contributed by atoms with van der Waals surface area (Å²) in [5, 5.41) is -0.350. The summed E-state index contributed by atoms with van der Waals surface area (Å²) in [5.74, 6) is -0.0673. The normalized spacial score (nSPS) is 30.4. The van der Waals surface area contributed by atoms with E-state index in [4.69, 9.17) is 24.7 Å². The lowest BCUT2D eigenvalue weighted by Crippen LogP contribution is -2.69. The summed E-state index contributed by atoms with van der Waals surface area (Å²) in [5.41, 5.74) is 7.09. The van der Waals surface area contributed by atoms with Crippen LogP contribution in [-0.2, 0) is 30.4 Å². The van der Waals surface area contributed by atoms with Gasteiger partial charge in [-0.15, -0.1) is 11.8 Å². The van der Waals surface area contributed by atoms with Crippen molar-refractivity contribution in [3.63, 3.8) is 0 Å². The van der Waals surface area contributed by atoms with Crippen LogP contribution in [0.1, 0.15) is 18.4 Å². The van der Waals surface area contributed by atoms with E-state index in [0.717, 1.165) is 24.2 Å². The van der Waals surface area contributed by atoms with Gasteiger partial charge in [-0.25, -0.2) is 4.79 Å². The van der Waals surface area contributed by atoms with E-state index in [1.807, 2.05) is 12.1 Å². The molecule has 0 bridgehead atoms. The Morgan fingerprint density at radius 2 is 2.03 bits per heavy atom. The fraction of sp³-hybridized carbons (Fsp3) is 0.524. The maximum Gasteiger partial charge on any atom is 0.355 e. The smallest absolute Gasteiger partial charge is 0.355 e. The Balaban J connectivity index is 1.46. The number of nitrogens with two attached hydrogens (primary N) is 1. The molecule has 1 unspecified atom stereocenters. The van der Waals surface area contributed by atoms with E-state index in [-0.39, 0.29) is 41.0 Å². The lowest BCUT2D eigenvalue weighted by molar-refractivity contribution is -0.151. The predicted octanol–water partition coefficient (Wildman–Crippen LogP) is 1.43. The number of rotatable bonds is 7. The first-order chi connectivity index (χ1) is 14.5. The van der Waals surface area contributed by atoms with Gasteiger partial charge in [0, 0.05) is 7.11 Å². The molecule has 0 spiro atoms. The van der Waals surface area contributed by atoms with E-state index in [9.17, 15) is 9.59 Å². The fourth-order valence-electron chi connectivity index (χ4n) is 3.91. The molecule has 1 aromatic rings. The summed E-state index contributed by atoms with van der Waals surface area (Å²) in [6, 6.07) is 6.65. The van der Waals surface area contributed by atoms with Gasteiger partial charge in [-0.05, 0) is 36.6 Å². The van der Waals surface area contributed by atoms with Gasteiger partial charge < -0.3 is 24.7 Å². The maximum atomic E-state index is 12.8. The average Bonchev–Trinajstić information content (AvgIpc) is 3.25. The Hall–Kier alpha value is -2.07. The number of benzene rings is 1. The van der Waals surface area contributed by atoms with Gasteiger partial charge in [0.15, 0.2) is 0 Å². The minimum absolute atomic E-state index is 0.0502. The second kappa shape index (κ2) is 8.97. The number of fused-ring (bicyclic) bond motifs is 1. The molecule has 0 radical (unpaired) electrons. The highest BCUT2D eigenvalue weighted by Crippen LogP contribution is 2.43. The van der Waals surface area contributed by atoms with Gasteiger partial charge >= 0.3 is 5.97 Å². The van der Waals surface area contributed by atoms with E-state index in [1.54, 1.807) is 44.2 Å². The number of ether oxygens (including phenoxy) is 4. The van der Waals surface area contributed by atoms with Crippen molar-refractivity contribution >= 4 is 23.6 Å². The van der Waals surface area contributed by atoms with Crippen molar-refractivity contribution in [1.29, 1.82) is 0 Å². The first kappa shape index (κ1) is 21.2. The molecule has 30 heavy (non-hydrogen) atoms. The number of amides is 1. The van der Waals surface area contributed by atoms with E-state index in [2.05, 4.69) is 0 Å². The van der Waals surface area contributed by atoms with Gasteiger partial charge in [0.25, 0.3) is 0 Å². The molecular weight excluding hydrogens is 408 g/mol. The molecule has 3 heterocycles. The number of hydrogen-bond acceptors (Lipinski definition) is 8. The van der Waals surface area contributed by atoms with Crippen LogP contribution in [0.25, 0.3) is 0 Å². The Kier molecular flexibility index (Phi) is 6.33. The van der Waals surface area contributed by atoms with Crippen LogP contribution in [-0.4, -0.2) is 66.5 Å². The number of nitrogens with zero attached hydrogens (tertiary/aromatic N) is 1. The first-order valence-electron chi connectivity index (χ1n) is 9.92. The fourth-order valence-corrected chi connectivity index (χ4v) is 5.44. The Bertz CT molecular complexity index is 829. The third-order valence-corrected chi connectivity index (χ3v) is 7.10. The summed E-state index contributed by atoms with van der Waals surface area (Å²) < 4.78 is 21.9. The van der Waals surface area contributed by atoms with Crippen LogP contribution in [0.15, 0.2) is 36.0 Å². The van der Waals surface area contributed by atoms with Crippen LogP contribution >= 0.6 is 11.8 Å². The molecule has 3 aliphatic heterocycles. The molecule has 1 aromatic carbocycles. The summed E-state index contributed by atoms with van der Waals surface area (Å²) in [6.45, 7) is 0.647. The number of carbonyl (C=O) groups excluding carboxylic acids is 2. The molecule has 2 fully saturated rings. The number of hydrogen-bond donors (Lipinski definition) is 1. The SMILES string of the molecule is COC[C@@H]1CC[C@H](C2C=C(C(=O)OCc3ccc(OC)cc3)N3C(=O)[C@@H](N)[C@H]3S2)O1. The largest absolute Gasteiger partial charge is 0.497 e. The number of β-lactam (4-membered cyclic amide) rings is 1. The van der Waals surface area contributed by atoms with Gasteiger partial charge in [0.2, 0.25) is 5.91 Å². The van der Waals surface area contributed by atoms with Crippen molar-refractivity contribution < 1.29 is 28.5 Å². The molecule has 3 aliphatic rings. The molecule has 1 amide bonds. The van der Waals surface area contributed by atoms with E-state index in [1.165, 1.54) is 4.90 Å². The number of carbonyl (C=O) groups is 2. The van der Waals surface area contributed by atoms with Gasteiger partial charge in [-0.2, -0.15) is 0 Å². The highest BCUT2D eigenvalue weighted by atomic mass is 32.2. The molecule has 5 atom stereocenters. The Morgan fingerprint density at radius 3 is 2.73 bits per heavy atom. The zero-order valence-corrected chi connectivity index (χ0v) is 17.8. The minimum atomic E-state index is -0.619. The van der Waals surface area contributed by atoms with Crippen LogP contribution < -0.4 is 10.5 Å². The van der Waals surface area contributed by atoms with Crippen LogP contribution in [0.4, 0.5) is 0 Å². The van der Waals surface area contributed by atoms with Crippen LogP contribution in [0.2, 0.25) is 0 Å². The lowest BCUT2D eigenvalue weighted by Gasteiger charge is -2.49. The van der Waals surface area contributed by atoms with Gasteiger partial charge in [-0.1, -0.05) is 12.1 Å². The highest BCUT2D eigenvalue weighted by molar-refractivity contribution is 8.00. The molecule has 162 valence electrons. The van der Waals surface area contributed by atoms with Crippen molar-refractivity contribution in [2.24, 2.45) is 5.73 Å². The van der Waals surface area contributed by atoms with Crippen molar-refractivity contribution in [2.45, 2.75) is 48.3 Å². The molecule has 2 N–H and O–H groups in total. The monoisotopic (exact) mass is 434 g/mol. The van der Waals surface area contributed by atoms with Crippen LogP contribution in [0.3, 0.4) is 0 Å². The number of methoxy groups -OCH3 is 2. The summed E-state index contributed by atoms with van der Waals surface area (Å²) in [4.78, 5) is 26.6. The van der Waals surface area contributed by atoms with Crippen LogP contribution in [0, 0.1) is 0 Å². The first-order valence-corrected chi connectivity index (χ1v) is 10.9. The summed E-state index contributed by atoms with van der Waals surface area (Å²) in [7, 11) is 3.25. The molecule has 4 rings (SSSR count). The van der Waals surface area contributed by atoms with E-state index < -0.39 is 12.0 Å². The van der Waals surface area contributed by atoms with Crippen molar-refractivity contribution in [3.05, 3.63) is 41.6 Å². The number of esters is 1. The molecule has 0 saturated carbocycles. The highest BCUT2D eigenvalue weighted by Gasteiger charge is 2.53. The second-order valence-electron chi connectivity index (χ2n) is 7.53. The average molecular weight is 435 g/mol. The quantitative estimate of drug-likeness (QED) is 0.508. The van der Waals surface area contributed by atoms with Gasteiger partial charge in [0.1, 0.15) is 29.5 Å². The molecule has 8 nitrogen and oxygen atoms in total. The summed E-state index contributed by atoms with van der Waals surface area (Å²) >= 11 is 1.57. The molecule has 2 saturated heterocycles. The lowest BCUT2D eigenvalue weighted by atomic mass is 10.0. The van der Waals surface area contributed by atoms with E-state index >= 15 is 0 Å². The Morgan fingerprint density at radius 1 is 1.27 bits per heavy atom. The van der Waals surface area contributed by atoms with E-state index in [0.29, 0.717) is 6.61 Å². The standard InChI is InChI=1S/C21H26N2O6S/c1-26-11-14-7-8-16(29-14)17-9-15(23-19(24)18(22)20(23)30-17)21(25)28-10-12-3-5-13(27-2)6-4-12/h3-6,9,14,16-18,20H,7-8,10-11,22H2,1-2H3/t14-,16+,17?,18+,20+/m0/s1. The van der Waals surface area contributed by atoms with Crippen molar-refractivity contribution in [1.82, 2.24) is 4.90 Å². The van der Waals surface area contributed by atoms with Gasteiger partial charge in [0.05, 0.1) is 31.2 Å². The molecule has 0 aromatic heterocycles. The van der Waals surface area contributed by atoms with Crippen molar-refractivity contribution in [2.75, 3.05) is 20.8 Å². The zero-order chi connectivity index (χ0) is 21.3. The number of thioether (sulfide) groups is 1. The second-order valence-corrected chi connectivity index (χ2v) is 8.83. The van der Waals surface area contributed by atoms with Crippen molar-refractivity contribution in [3.8, 4) is 5.75 Å².